The highest BCUT2D eigenvalue weighted by atomic mass is 32.1. The molecule has 16 heavy (non-hydrogen) atoms. The second-order valence-corrected chi connectivity index (χ2v) is 5.47. The summed E-state index contributed by atoms with van der Waals surface area (Å²) in [4.78, 5) is 5.89. The lowest BCUT2D eigenvalue weighted by molar-refractivity contribution is 0.418. The van der Waals surface area contributed by atoms with Crippen LogP contribution in [0.1, 0.15) is 48.4 Å². The van der Waals surface area contributed by atoms with Crippen LogP contribution < -0.4 is 5.32 Å². The van der Waals surface area contributed by atoms with E-state index in [1.165, 1.54) is 29.1 Å². The SMILES string of the molecule is C/C=C/CCNCc1cnc(C2CCC2)s1. The molecular weight excluding hydrogens is 216 g/mol. The van der Waals surface area contributed by atoms with Gasteiger partial charge < -0.3 is 5.32 Å². The van der Waals surface area contributed by atoms with Crippen LogP contribution >= 0.6 is 11.3 Å². The van der Waals surface area contributed by atoms with E-state index >= 15 is 0 Å². The van der Waals surface area contributed by atoms with Crippen molar-refractivity contribution in [2.75, 3.05) is 6.54 Å². The van der Waals surface area contributed by atoms with Gasteiger partial charge >= 0.3 is 0 Å². The smallest absolute Gasteiger partial charge is 0.0959 e. The van der Waals surface area contributed by atoms with Crippen LogP contribution in [0.25, 0.3) is 0 Å². The number of hydrogen-bond acceptors (Lipinski definition) is 3. The Bertz CT molecular complexity index is 339. The maximum absolute atomic E-state index is 4.52. The average molecular weight is 236 g/mol. The zero-order valence-electron chi connectivity index (χ0n) is 9.91. The Hall–Kier alpha value is -0.670. The Morgan fingerprint density at radius 1 is 1.56 bits per heavy atom. The van der Waals surface area contributed by atoms with Crippen molar-refractivity contribution in [2.24, 2.45) is 0 Å². The van der Waals surface area contributed by atoms with E-state index in [2.05, 4.69) is 29.4 Å². The van der Waals surface area contributed by atoms with Crippen molar-refractivity contribution in [3.63, 3.8) is 0 Å². The van der Waals surface area contributed by atoms with E-state index in [4.69, 9.17) is 0 Å². The standard InChI is InChI=1S/C13H20N2S/c1-2-3-4-8-14-9-12-10-15-13(16-12)11-6-5-7-11/h2-3,10-11,14H,4-9H2,1H3/b3-2+. The van der Waals surface area contributed by atoms with Crippen LogP contribution in [-0.2, 0) is 6.54 Å². The minimum absolute atomic E-state index is 0.779. The minimum atomic E-state index is 0.779. The predicted octanol–water partition coefficient (Wildman–Crippen LogP) is 3.47. The van der Waals surface area contributed by atoms with Gasteiger partial charge in [-0.2, -0.15) is 0 Å². The number of hydrogen-bond donors (Lipinski definition) is 1. The van der Waals surface area contributed by atoms with E-state index in [0.29, 0.717) is 0 Å². The van der Waals surface area contributed by atoms with Gasteiger partial charge in [-0.25, -0.2) is 4.98 Å². The molecule has 88 valence electrons. The molecule has 2 rings (SSSR count). The fourth-order valence-electron chi connectivity index (χ4n) is 1.81. The Morgan fingerprint density at radius 3 is 3.12 bits per heavy atom. The Balaban J connectivity index is 1.70. The first kappa shape index (κ1) is 11.8. The normalized spacial score (nSPS) is 16.8. The predicted molar refractivity (Wildman–Crippen MR) is 69.8 cm³/mol. The third-order valence-corrected chi connectivity index (χ3v) is 4.21. The zero-order chi connectivity index (χ0) is 11.2. The van der Waals surface area contributed by atoms with E-state index in [9.17, 15) is 0 Å². The lowest BCUT2D eigenvalue weighted by atomic mass is 9.86. The van der Waals surface area contributed by atoms with E-state index in [-0.39, 0.29) is 0 Å². The van der Waals surface area contributed by atoms with Crippen molar-refractivity contribution >= 4 is 11.3 Å². The first-order valence-electron chi connectivity index (χ1n) is 6.16. The van der Waals surface area contributed by atoms with Crippen LogP contribution in [0, 0.1) is 0 Å². The van der Waals surface area contributed by atoms with E-state index in [1.807, 2.05) is 17.5 Å². The van der Waals surface area contributed by atoms with Crippen molar-refractivity contribution in [3.8, 4) is 0 Å². The third kappa shape index (κ3) is 3.16. The van der Waals surface area contributed by atoms with E-state index in [0.717, 1.165) is 25.4 Å². The van der Waals surface area contributed by atoms with Gasteiger partial charge in [-0.15, -0.1) is 11.3 Å². The maximum Gasteiger partial charge on any atom is 0.0959 e. The van der Waals surface area contributed by atoms with Crippen molar-refractivity contribution in [1.82, 2.24) is 10.3 Å². The molecule has 0 aliphatic heterocycles. The van der Waals surface area contributed by atoms with Gasteiger partial charge in [0.1, 0.15) is 0 Å². The molecule has 1 aliphatic carbocycles. The largest absolute Gasteiger partial charge is 0.311 e. The Morgan fingerprint density at radius 2 is 2.44 bits per heavy atom. The molecule has 2 nitrogen and oxygen atoms in total. The molecule has 0 radical (unpaired) electrons. The van der Waals surface area contributed by atoms with E-state index in [1.54, 1.807) is 0 Å². The summed E-state index contributed by atoms with van der Waals surface area (Å²) in [6.07, 6.45) is 11.5. The van der Waals surface area contributed by atoms with Crippen molar-refractivity contribution in [1.29, 1.82) is 0 Å². The molecule has 0 saturated heterocycles. The molecule has 1 saturated carbocycles. The molecule has 0 unspecified atom stereocenters. The van der Waals surface area contributed by atoms with E-state index < -0.39 is 0 Å². The molecular formula is C13H20N2S. The summed E-state index contributed by atoms with van der Waals surface area (Å²) in [6.45, 7) is 4.09. The molecule has 3 heteroatoms. The summed E-state index contributed by atoms with van der Waals surface area (Å²) in [5.41, 5.74) is 0. The van der Waals surface area contributed by atoms with Crippen molar-refractivity contribution in [3.05, 3.63) is 28.2 Å². The topological polar surface area (TPSA) is 24.9 Å². The maximum atomic E-state index is 4.52. The van der Waals surface area contributed by atoms with Crippen LogP contribution in [-0.4, -0.2) is 11.5 Å². The molecule has 1 aromatic heterocycles. The summed E-state index contributed by atoms with van der Waals surface area (Å²) in [7, 11) is 0. The van der Waals surface area contributed by atoms with Crippen LogP contribution in [0.2, 0.25) is 0 Å². The molecule has 1 fully saturated rings. The van der Waals surface area contributed by atoms with Crippen LogP contribution in [0.5, 0.6) is 0 Å². The molecule has 1 aromatic rings. The lowest BCUT2D eigenvalue weighted by Crippen LogP contribution is -2.13. The quantitative estimate of drug-likeness (QED) is 0.604. The molecule has 0 spiro atoms. The van der Waals surface area contributed by atoms with Gasteiger partial charge in [0.2, 0.25) is 0 Å². The van der Waals surface area contributed by atoms with Gasteiger partial charge in [-0.05, 0) is 32.7 Å². The number of rotatable bonds is 6. The fourth-order valence-corrected chi connectivity index (χ4v) is 2.87. The van der Waals surface area contributed by atoms with Crippen molar-refractivity contribution in [2.45, 2.75) is 45.1 Å². The summed E-state index contributed by atoms with van der Waals surface area (Å²) in [6, 6.07) is 0. The molecule has 0 bridgehead atoms. The number of aromatic nitrogens is 1. The average Bonchev–Trinajstić information content (AvgIpc) is 2.64. The van der Waals surface area contributed by atoms with Crippen LogP contribution in [0.15, 0.2) is 18.3 Å². The lowest BCUT2D eigenvalue weighted by Gasteiger charge is -2.22. The summed E-state index contributed by atoms with van der Waals surface area (Å²) < 4.78 is 0. The molecule has 0 amide bonds. The van der Waals surface area contributed by atoms with Crippen LogP contribution in [0.4, 0.5) is 0 Å². The van der Waals surface area contributed by atoms with Crippen molar-refractivity contribution < 1.29 is 0 Å². The number of allylic oxidation sites excluding steroid dienone is 1. The highest BCUT2D eigenvalue weighted by molar-refractivity contribution is 7.11. The monoisotopic (exact) mass is 236 g/mol. The Labute approximate surface area is 102 Å². The molecule has 1 aliphatic rings. The highest BCUT2D eigenvalue weighted by Gasteiger charge is 2.22. The van der Waals surface area contributed by atoms with Gasteiger partial charge in [-0.3, -0.25) is 0 Å². The van der Waals surface area contributed by atoms with Gasteiger partial charge in [0.15, 0.2) is 0 Å². The highest BCUT2D eigenvalue weighted by Crippen LogP contribution is 2.38. The fraction of sp³-hybridized carbons (Fsp3) is 0.615. The van der Waals surface area contributed by atoms with Gasteiger partial charge in [0.05, 0.1) is 5.01 Å². The summed E-state index contributed by atoms with van der Waals surface area (Å²) in [5.74, 6) is 0.779. The molecule has 1 N–H and O–H groups in total. The zero-order valence-corrected chi connectivity index (χ0v) is 10.7. The first-order valence-corrected chi connectivity index (χ1v) is 6.98. The second-order valence-electron chi connectivity index (χ2n) is 4.33. The molecule has 0 atom stereocenters. The minimum Gasteiger partial charge on any atom is -0.311 e. The number of nitrogens with one attached hydrogen (secondary N) is 1. The molecule has 1 heterocycles. The summed E-state index contributed by atoms with van der Waals surface area (Å²) in [5, 5.41) is 4.80. The number of nitrogens with zero attached hydrogens (tertiary/aromatic N) is 1. The first-order chi connectivity index (χ1) is 7.90. The second kappa shape index (κ2) is 6.16. The van der Waals surface area contributed by atoms with Gasteiger partial charge in [-0.1, -0.05) is 18.6 Å². The van der Waals surface area contributed by atoms with Gasteiger partial charge in [0, 0.05) is 23.5 Å². The summed E-state index contributed by atoms with van der Waals surface area (Å²) >= 11 is 1.89. The van der Waals surface area contributed by atoms with Crippen LogP contribution in [0.3, 0.4) is 0 Å². The number of thiazole rings is 1. The van der Waals surface area contributed by atoms with Gasteiger partial charge in [0.25, 0.3) is 0 Å². The third-order valence-electron chi connectivity index (χ3n) is 3.05. The Kier molecular flexibility index (Phi) is 4.55. The molecule has 0 aromatic carbocycles.